The SMILES string of the molecule is C=CCN(CC=C)S(=O)(=O)c1ccc2nc(NC(=O)C(CC(C)C)N3C(=O)c4ccccc4C3=O)sc2c1. The van der Waals surface area contributed by atoms with E-state index in [1.165, 1.54) is 28.6 Å². The van der Waals surface area contributed by atoms with Crippen LogP contribution in [0.15, 0.2) is 72.7 Å². The lowest BCUT2D eigenvalue weighted by atomic mass is 10.0. The topological polar surface area (TPSA) is 117 Å². The van der Waals surface area contributed by atoms with Gasteiger partial charge in [0, 0.05) is 13.1 Å². The maximum atomic E-state index is 13.4. The molecule has 0 aliphatic carbocycles. The largest absolute Gasteiger partial charge is 0.300 e. The summed E-state index contributed by atoms with van der Waals surface area (Å²) in [5.74, 6) is -1.53. The fraction of sp³-hybridized carbons (Fsp3) is 0.259. The number of anilines is 1. The van der Waals surface area contributed by atoms with Crippen molar-refractivity contribution in [2.45, 2.75) is 31.2 Å². The molecule has 11 heteroatoms. The predicted octanol–water partition coefficient (Wildman–Crippen LogP) is 4.31. The molecule has 0 fully saturated rings. The Labute approximate surface area is 225 Å². The molecule has 0 bridgehead atoms. The monoisotopic (exact) mass is 552 g/mol. The van der Waals surface area contributed by atoms with Crippen molar-refractivity contribution < 1.29 is 22.8 Å². The molecular weight excluding hydrogens is 524 g/mol. The molecule has 2 heterocycles. The first kappa shape index (κ1) is 27.4. The van der Waals surface area contributed by atoms with Crippen LogP contribution in [0.25, 0.3) is 10.2 Å². The van der Waals surface area contributed by atoms with Gasteiger partial charge in [-0.3, -0.25) is 19.3 Å². The number of benzene rings is 2. The molecule has 3 aromatic rings. The van der Waals surface area contributed by atoms with Crippen molar-refractivity contribution in [1.82, 2.24) is 14.2 Å². The minimum atomic E-state index is -3.81. The van der Waals surface area contributed by atoms with Gasteiger partial charge in [0.05, 0.1) is 26.2 Å². The highest BCUT2D eigenvalue weighted by Crippen LogP contribution is 2.31. The number of thiazole rings is 1. The second kappa shape index (κ2) is 11.0. The van der Waals surface area contributed by atoms with Crippen molar-refractivity contribution in [1.29, 1.82) is 0 Å². The Kier molecular flexibility index (Phi) is 7.91. The maximum Gasteiger partial charge on any atom is 0.262 e. The number of carbonyl (C=O) groups excluding carboxylic acids is 3. The quantitative estimate of drug-likeness (QED) is 0.280. The number of aromatic nitrogens is 1. The molecule has 9 nitrogen and oxygen atoms in total. The first-order valence-corrected chi connectivity index (χ1v) is 14.2. The molecule has 198 valence electrons. The summed E-state index contributed by atoms with van der Waals surface area (Å²) in [6, 6.07) is 10.0. The third-order valence-corrected chi connectivity index (χ3v) is 8.79. The molecular formula is C27H28N4O5S2. The Bertz CT molecular complexity index is 1500. The van der Waals surface area contributed by atoms with Gasteiger partial charge in [-0.2, -0.15) is 4.31 Å². The highest BCUT2D eigenvalue weighted by Gasteiger charge is 2.43. The molecule has 0 saturated heterocycles. The van der Waals surface area contributed by atoms with Gasteiger partial charge in [-0.05, 0) is 42.7 Å². The third kappa shape index (κ3) is 5.17. The van der Waals surface area contributed by atoms with Crippen molar-refractivity contribution >= 4 is 54.4 Å². The second-order valence-electron chi connectivity index (χ2n) is 9.21. The number of nitrogens with one attached hydrogen (secondary N) is 1. The lowest BCUT2D eigenvalue weighted by Gasteiger charge is -2.26. The summed E-state index contributed by atoms with van der Waals surface area (Å²) in [4.78, 5) is 45.0. The molecule has 3 amide bonds. The maximum absolute atomic E-state index is 13.4. The summed E-state index contributed by atoms with van der Waals surface area (Å²) >= 11 is 1.11. The van der Waals surface area contributed by atoms with Crippen LogP contribution in [0.5, 0.6) is 0 Å². The van der Waals surface area contributed by atoms with Crippen LogP contribution in [0.3, 0.4) is 0 Å². The molecule has 1 aliphatic heterocycles. The van der Waals surface area contributed by atoms with Gasteiger partial charge in [0.2, 0.25) is 15.9 Å². The number of fused-ring (bicyclic) bond motifs is 2. The third-order valence-electron chi connectivity index (χ3n) is 6.03. The van der Waals surface area contributed by atoms with E-state index in [1.54, 1.807) is 30.3 Å². The molecule has 1 N–H and O–H groups in total. The minimum absolute atomic E-state index is 0.0206. The van der Waals surface area contributed by atoms with Gasteiger partial charge in [-0.1, -0.05) is 49.5 Å². The molecule has 0 saturated carbocycles. The normalized spacial score (nSPS) is 14.3. The number of nitrogens with zero attached hydrogens (tertiary/aromatic N) is 3. The van der Waals surface area contributed by atoms with Crippen molar-refractivity contribution in [2.75, 3.05) is 18.4 Å². The number of carbonyl (C=O) groups is 3. The smallest absolute Gasteiger partial charge is 0.262 e. The van der Waals surface area contributed by atoms with Gasteiger partial charge >= 0.3 is 0 Å². The number of hydrogen-bond acceptors (Lipinski definition) is 7. The highest BCUT2D eigenvalue weighted by molar-refractivity contribution is 7.89. The Hall–Kier alpha value is -3.67. The summed E-state index contributed by atoms with van der Waals surface area (Å²) < 4.78 is 28.0. The Morgan fingerprint density at radius 2 is 1.68 bits per heavy atom. The Morgan fingerprint density at radius 1 is 1.08 bits per heavy atom. The van der Waals surface area contributed by atoms with E-state index in [1.807, 2.05) is 13.8 Å². The number of sulfonamides is 1. The number of rotatable bonds is 11. The standard InChI is InChI=1S/C27H28N4O5S2/c1-5-13-30(14-6-2)38(35,36)18-11-12-21-23(16-18)37-27(28-21)29-24(32)22(15-17(3)4)31-25(33)19-9-7-8-10-20(19)26(31)34/h5-12,16-17,22H,1-2,13-15H2,3-4H3,(H,28,29,32). The van der Waals surface area contributed by atoms with Gasteiger partial charge < -0.3 is 5.32 Å². The fourth-order valence-electron chi connectivity index (χ4n) is 4.28. The van der Waals surface area contributed by atoms with Crippen LogP contribution in [-0.4, -0.2) is 59.5 Å². The lowest BCUT2D eigenvalue weighted by molar-refractivity contribution is -0.120. The molecule has 1 aliphatic rings. The molecule has 4 rings (SSSR count). The van der Waals surface area contributed by atoms with E-state index in [9.17, 15) is 22.8 Å². The molecule has 0 spiro atoms. The van der Waals surface area contributed by atoms with E-state index in [0.717, 1.165) is 16.2 Å². The zero-order chi connectivity index (χ0) is 27.6. The van der Waals surface area contributed by atoms with Gasteiger partial charge in [0.25, 0.3) is 11.8 Å². The van der Waals surface area contributed by atoms with Crippen molar-refractivity contribution in [3.8, 4) is 0 Å². The minimum Gasteiger partial charge on any atom is -0.300 e. The molecule has 38 heavy (non-hydrogen) atoms. The lowest BCUT2D eigenvalue weighted by Crippen LogP contribution is -2.47. The van der Waals surface area contributed by atoms with Gasteiger partial charge in [0.1, 0.15) is 6.04 Å². The number of imide groups is 1. The molecule has 1 atom stereocenters. The van der Waals surface area contributed by atoms with Crippen LogP contribution in [-0.2, 0) is 14.8 Å². The van der Waals surface area contributed by atoms with Crippen LogP contribution in [0, 0.1) is 5.92 Å². The summed E-state index contributed by atoms with van der Waals surface area (Å²) in [7, 11) is -3.81. The van der Waals surface area contributed by atoms with Crippen LogP contribution < -0.4 is 5.32 Å². The molecule has 0 radical (unpaired) electrons. The van der Waals surface area contributed by atoms with E-state index in [0.29, 0.717) is 10.2 Å². The highest BCUT2D eigenvalue weighted by atomic mass is 32.2. The van der Waals surface area contributed by atoms with Crippen LogP contribution in [0.2, 0.25) is 0 Å². The summed E-state index contributed by atoms with van der Waals surface area (Å²) in [6.07, 6.45) is 3.27. The van der Waals surface area contributed by atoms with Crippen molar-refractivity contribution in [2.24, 2.45) is 5.92 Å². The Balaban J connectivity index is 1.61. The summed E-state index contributed by atoms with van der Waals surface area (Å²) in [6.45, 7) is 11.3. The molecule has 1 unspecified atom stereocenters. The fourth-order valence-corrected chi connectivity index (χ4v) is 6.67. The number of amides is 3. The van der Waals surface area contributed by atoms with Crippen molar-refractivity contribution in [3.05, 3.63) is 78.9 Å². The predicted molar refractivity (Wildman–Crippen MR) is 148 cm³/mol. The molecule has 2 aromatic carbocycles. The molecule has 1 aromatic heterocycles. The van der Waals surface area contributed by atoms with Crippen molar-refractivity contribution in [3.63, 3.8) is 0 Å². The van der Waals surface area contributed by atoms with E-state index >= 15 is 0 Å². The van der Waals surface area contributed by atoms with E-state index in [-0.39, 0.29) is 46.6 Å². The first-order valence-electron chi connectivity index (χ1n) is 12.0. The van der Waals surface area contributed by atoms with Gasteiger partial charge in [-0.15, -0.1) is 13.2 Å². The zero-order valence-electron chi connectivity index (χ0n) is 21.1. The van der Waals surface area contributed by atoms with E-state index in [4.69, 9.17) is 0 Å². The van der Waals surface area contributed by atoms with E-state index < -0.39 is 33.8 Å². The average Bonchev–Trinajstić information content (AvgIpc) is 3.39. The Morgan fingerprint density at radius 3 is 2.24 bits per heavy atom. The number of hydrogen-bond donors (Lipinski definition) is 1. The van der Waals surface area contributed by atoms with Gasteiger partial charge in [0.15, 0.2) is 5.13 Å². The van der Waals surface area contributed by atoms with Crippen LogP contribution in [0.1, 0.15) is 41.0 Å². The van der Waals surface area contributed by atoms with Crippen LogP contribution >= 0.6 is 11.3 Å². The first-order chi connectivity index (χ1) is 18.1. The zero-order valence-corrected chi connectivity index (χ0v) is 22.7. The van der Waals surface area contributed by atoms with E-state index in [2.05, 4.69) is 23.5 Å². The summed E-state index contributed by atoms with van der Waals surface area (Å²) in [5, 5.41) is 2.97. The second-order valence-corrected chi connectivity index (χ2v) is 12.2. The summed E-state index contributed by atoms with van der Waals surface area (Å²) in [5.41, 5.74) is 1.05. The van der Waals surface area contributed by atoms with Gasteiger partial charge in [-0.25, -0.2) is 13.4 Å². The van der Waals surface area contributed by atoms with Crippen LogP contribution in [0.4, 0.5) is 5.13 Å². The average molecular weight is 553 g/mol.